The number of hydrogen-bond donors (Lipinski definition) is 0. The van der Waals surface area contributed by atoms with Gasteiger partial charge in [0, 0.05) is 12.1 Å². The van der Waals surface area contributed by atoms with Gasteiger partial charge in [-0.05, 0) is 50.9 Å². The first-order valence-electron chi connectivity index (χ1n) is 7.36. The number of nitrogens with zero attached hydrogens (tertiary/aromatic N) is 1. The van der Waals surface area contributed by atoms with E-state index in [1.165, 1.54) is 5.56 Å². The van der Waals surface area contributed by atoms with E-state index in [2.05, 4.69) is 0 Å². The average molecular weight is 309 g/mol. The van der Waals surface area contributed by atoms with Crippen LogP contribution in [0.2, 0.25) is 0 Å². The quantitative estimate of drug-likeness (QED) is 0.801. The Balaban J connectivity index is 2.13. The minimum absolute atomic E-state index is 0.0670. The molecule has 1 aliphatic heterocycles. The van der Waals surface area contributed by atoms with Crippen molar-refractivity contribution in [3.8, 4) is 0 Å². The molecule has 0 radical (unpaired) electrons. The fourth-order valence-corrected chi connectivity index (χ4v) is 3.93. The summed E-state index contributed by atoms with van der Waals surface area (Å²) in [5, 5.41) is 0. The van der Waals surface area contributed by atoms with Gasteiger partial charge < -0.3 is 0 Å². The fourth-order valence-electron chi connectivity index (χ4n) is 2.65. The van der Waals surface area contributed by atoms with Gasteiger partial charge in [-0.1, -0.05) is 12.1 Å². The van der Waals surface area contributed by atoms with E-state index in [0.29, 0.717) is 25.1 Å². The summed E-state index contributed by atoms with van der Waals surface area (Å²) in [5.41, 5.74) is 2.98. The van der Waals surface area contributed by atoms with Crippen LogP contribution in [-0.2, 0) is 9.84 Å². The number of hydrogen-bond acceptors (Lipinski definition) is 4. The molecule has 1 fully saturated rings. The summed E-state index contributed by atoms with van der Waals surface area (Å²) in [6, 6.07) is 5.46. The third kappa shape index (κ3) is 3.92. The van der Waals surface area contributed by atoms with E-state index in [4.69, 9.17) is 0 Å². The van der Waals surface area contributed by atoms with Crippen LogP contribution in [-0.4, -0.2) is 49.7 Å². The number of rotatable bonds is 3. The lowest BCUT2D eigenvalue weighted by Crippen LogP contribution is -2.40. The number of Topliss-reactive ketones (excluding diaryl/α,β-unsaturated/α-hetero) is 1. The van der Waals surface area contributed by atoms with Gasteiger partial charge in [-0.25, -0.2) is 8.42 Å². The monoisotopic (exact) mass is 309 g/mol. The maximum absolute atomic E-state index is 12.6. The maximum atomic E-state index is 12.6. The predicted molar refractivity (Wildman–Crippen MR) is 84.6 cm³/mol. The predicted octanol–water partition coefficient (Wildman–Crippen LogP) is 2.00. The molecule has 1 heterocycles. The van der Waals surface area contributed by atoms with Gasteiger partial charge in [0.05, 0.1) is 17.5 Å². The third-order valence-corrected chi connectivity index (χ3v) is 6.02. The molecule has 1 aliphatic rings. The molecule has 116 valence electrons. The highest BCUT2D eigenvalue weighted by Crippen LogP contribution is 2.16. The Hall–Kier alpha value is -1.20. The second kappa shape index (κ2) is 6.28. The van der Waals surface area contributed by atoms with Crippen LogP contribution in [0.1, 0.15) is 34.8 Å². The molecule has 2 rings (SSSR count). The van der Waals surface area contributed by atoms with E-state index in [1.54, 1.807) is 0 Å². The summed E-state index contributed by atoms with van der Waals surface area (Å²) in [4.78, 5) is 14.6. The smallest absolute Gasteiger partial charge is 0.179 e. The number of sulfone groups is 1. The molecule has 5 heteroatoms. The van der Waals surface area contributed by atoms with Crippen LogP contribution >= 0.6 is 0 Å². The van der Waals surface area contributed by atoms with Gasteiger partial charge in [0.1, 0.15) is 0 Å². The molecule has 0 aromatic heterocycles. The molecule has 1 saturated heterocycles. The SMILES string of the molecule is Cc1ccc(C(=O)C(C)N2CCCS(=O)(=O)CC2)cc1C. The van der Waals surface area contributed by atoms with Gasteiger partial charge in [-0.2, -0.15) is 0 Å². The van der Waals surface area contributed by atoms with Crippen LogP contribution in [0, 0.1) is 13.8 Å². The molecule has 1 aromatic rings. The molecule has 1 unspecified atom stereocenters. The molecule has 4 nitrogen and oxygen atoms in total. The van der Waals surface area contributed by atoms with Gasteiger partial charge in [-0.15, -0.1) is 0 Å². The lowest BCUT2D eigenvalue weighted by Gasteiger charge is -2.26. The van der Waals surface area contributed by atoms with Crippen LogP contribution in [0.25, 0.3) is 0 Å². The Kier molecular flexibility index (Phi) is 4.84. The number of benzene rings is 1. The van der Waals surface area contributed by atoms with Gasteiger partial charge in [-0.3, -0.25) is 9.69 Å². The van der Waals surface area contributed by atoms with E-state index < -0.39 is 9.84 Å². The largest absolute Gasteiger partial charge is 0.292 e. The van der Waals surface area contributed by atoms with Crippen molar-refractivity contribution >= 4 is 15.6 Å². The van der Waals surface area contributed by atoms with E-state index in [1.807, 2.05) is 43.9 Å². The van der Waals surface area contributed by atoms with Gasteiger partial charge in [0.25, 0.3) is 0 Å². The average Bonchev–Trinajstić information content (AvgIpc) is 2.61. The molecule has 21 heavy (non-hydrogen) atoms. The number of carbonyl (C=O) groups excluding carboxylic acids is 1. The first kappa shape index (κ1) is 16.2. The molecule has 0 aliphatic carbocycles. The molecular formula is C16H23NO3S. The van der Waals surface area contributed by atoms with Crippen molar-refractivity contribution in [2.24, 2.45) is 0 Å². The highest BCUT2D eigenvalue weighted by Gasteiger charge is 2.26. The highest BCUT2D eigenvalue weighted by atomic mass is 32.2. The Morgan fingerprint density at radius 2 is 1.86 bits per heavy atom. The Morgan fingerprint density at radius 1 is 1.14 bits per heavy atom. The third-order valence-electron chi connectivity index (χ3n) is 4.31. The van der Waals surface area contributed by atoms with E-state index in [9.17, 15) is 13.2 Å². The standard InChI is InChI=1S/C16H23NO3S/c1-12-5-6-15(11-13(12)2)16(18)14(3)17-7-4-9-21(19,20)10-8-17/h5-6,11,14H,4,7-10H2,1-3H3. The van der Waals surface area contributed by atoms with Crippen LogP contribution in [0.3, 0.4) is 0 Å². The lowest BCUT2D eigenvalue weighted by molar-refractivity contribution is 0.0848. The van der Waals surface area contributed by atoms with Crippen molar-refractivity contribution in [2.75, 3.05) is 24.6 Å². The maximum Gasteiger partial charge on any atom is 0.179 e. The summed E-state index contributed by atoms with van der Waals surface area (Å²) in [6.07, 6.45) is 0.604. The molecule has 0 saturated carbocycles. The topological polar surface area (TPSA) is 54.5 Å². The van der Waals surface area contributed by atoms with Crippen molar-refractivity contribution in [2.45, 2.75) is 33.2 Å². The lowest BCUT2D eigenvalue weighted by atomic mass is 9.99. The Labute approximate surface area is 127 Å². The normalized spacial score (nSPS) is 20.7. The first-order valence-corrected chi connectivity index (χ1v) is 9.18. The van der Waals surface area contributed by atoms with Crippen molar-refractivity contribution in [1.82, 2.24) is 4.90 Å². The highest BCUT2D eigenvalue weighted by molar-refractivity contribution is 7.91. The van der Waals surface area contributed by atoms with E-state index >= 15 is 0 Å². The molecule has 1 aromatic carbocycles. The van der Waals surface area contributed by atoms with Crippen LogP contribution in [0.15, 0.2) is 18.2 Å². The van der Waals surface area contributed by atoms with Gasteiger partial charge in [0.15, 0.2) is 15.6 Å². The van der Waals surface area contributed by atoms with Crippen molar-refractivity contribution in [1.29, 1.82) is 0 Å². The molecule has 0 N–H and O–H groups in total. The summed E-state index contributed by atoms with van der Waals surface area (Å²) < 4.78 is 23.3. The number of carbonyl (C=O) groups is 1. The summed E-state index contributed by atoms with van der Waals surface area (Å²) in [5.74, 6) is 0.448. The summed E-state index contributed by atoms with van der Waals surface area (Å²) in [6.45, 7) is 6.99. The zero-order valence-electron chi connectivity index (χ0n) is 12.9. The Morgan fingerprint density at radius 3 is 2.52 bits per heavy atom. The fraction of sp³-hybridized carbons (Fsp3) is 0.562. The van der Waals surface area contributed by atoms with Crippen LogP contribution in [0.5, 0.6) is 0 Å². The van der Waals surface area contributed by atoms with Crippen molar-refractivity contribution in [3.05, 3.63) is 34.9 Å². The van der Waals surface area contributed by atoms with Crippen LogP contribution < -0.4 is 0 Å². The molecule has 0 amide bonds. The van der Waals surface area contributed by atoms with E-state index in [-0.39, 0.29) is 23.3 Å². The van der Waals surface area contributed by atoms with Crippen LogP contribution in [0.4, 0.5) is 0 Å². The molecule has 0 spiro atoms. The second-order valence-corrected chi connectivity index (χ2v) is 8.18. The zero-order chi connectivity index (χ0) is 15.6. The number of aryl methyl sites for hydroxylation is 2. The molecule has 1 atom stereocenters. The van der Waals surface area contributed by atoms with Crippen molar-refractivity contribution < 1.29 is 13.2 Å². The molecular weight excluding hydrogens is 286 g/mol. The summed E-state index contributed by atoms with van der Waals surface area (Å²) >= 11 is 0. The summed E-state index contributed by atoms with van der Waals surface area (Å²) in [7, 11) is -2.94. The number of ketones is 1. The van der Waals surface area contributed by atoms with Gasteiger partial charge >= 0.3 is 0 Å². The van der Waals surface area contributed by atoms with Crippen molar-refractivity contribution in [3.63, 3.8) is 0 Å². The minimum Gasteiger partial charge on any atom is -0.292 e. The first-order chi connectivity index (χ1) is 9.80. The minimum atomic E-state index is -2.94. The van der Waals surface area contributed by atoms with E-state index in [0.717, 1.165) is 5.56 Å². The van der Waals surface area contributed by atoms with Gasteiger partial charge in [0.2, 0.25) is 0 Å². The Bertz CT molecular complexity index is 637. The molecule has 0 bridgehead atoms. The second-order valence-electron chi connectivity index (χ2n) is 5.88. The zero-order valence-corrected chi connectivity index (χ0v) is 13.7.